The quantitative estimate of drug-likeness (QED) is 0.0315. The zero-order chi connectivity index (χ0) is 34.0. The fourth-order valence-electron chi connectivity index (χ4n) is 4.59. The topological polar surface area (TPSA) is 119 Å². The van der Waals surface area contributed by atoms with Crippen LogP contribution >= 0.6 is 7.82 Å². The number of rotatable bonds is 32. The first-order valence-corrected chi connectivity index (χ1v) is 19.5. The van der Waals surface area contributed by atoms with Gasteiger partial charge < -0.3 is 19.3 Å². The van der Waals surface area contributed by atoms with Crippen LogP contribution in [0.2, 0.25) is 0 Å². The summed E-state index contributed by atoms with van der Waals surface area (Å²) in [4.78, 5) is 42.6. The second kappa shape index (κ2) is 32.9. The summed E-state index contributed by atoms with van der Waals surface area (Å²) >= 11 is 0. The highest BCUT2D eigenvalue weighted by molar-refractivity contribution is 7.46. The summed E-state index contributed by atoms with van der Waals surface area (Å²) in [6.45, 7) is 3.57. The summed E-state index contributed by atoms with van der Waals surface area (Å²) < 4.78 is 26.2. The Morgan fingerprint density at radius 3 is 1.54 bits per heavy atom. The van der Waals surface area contributed by atoms with Crippen molar-refractivity contribution in [3.8, 4) is 0 Å². The Hall–Kier alpha value is -1.99. The lowest BCUT2D eigenvalue weighted by Crippen LogP contribution is -2.29. The molecule has 0 spiro atoms. The number of hydrogen-bond acceptors (Lipinski definition) is 6. The molecule has 0 aromatic heterocycles. The number of esters is 2. The first-order chi connectivity index (χ1) is 22.3. The van der Waals surface area contributed by atoms with E-state index >= 15 is 0 Å². The SMILES string of the molecule is CCCC/C=C\CCCCCCCC(=O)OC[C@H](COP(=O)(O)O)OC(=O)CCCCCC/C=C\C/C=C\C/C=C\CCCCC. The molecule has 2 N–H and O–H groups in total. The second-order valence-electron chi connectivity index (χ2n) is 11.8. The van der Waals surface area contributed by atoms with Crippen LogP contribution in [-0.4, -0.2) is 41.0 Å². The highest BCUT2D eigenvalue weighted by Crippen LogP contribution is 2.35. The van der Waals surface area contributed by atoms with Crippen LogP contribution in [-0.2, 0) is 28.2 Å². The van der Waals surface area contributed by atoms with E-state index < -0.39 is 32.5 Å². The smallest absolute Gasteiger partial charge is 0.462 e. The normalized spacial score (nSPS) is 13.0. The van der Waals surface area contributed by atoms with Crippen LogP contribution in [0.5, 0.6) is 0 Å². The molecule has 0 aromatic carbocycles. The van der Waals surface area contributed by atoms with E-state index in [1.807, 2.05) is 0 Å². The van der Waals surface area contributed by atoms with Crippen LogP contribution in [0.1, 0.15) is 155 Å². The Bertz CT molecular complexity index is 890. The van der Waals surface area contributed by atoms with Gasteiger partial charge in [0.15, 0.2) is 6.10 Å². The Morgan fingerprint density at radius 2 is 1.00 bits per heavy atom. The molecule has 0 aliphatic carbocycles. The van der Waals surface area contributed by atoms with E-state index in [2.05, 4.69) is 67.0 Å². The van der Waals surface area contributed by atoms with Gasteiger partial charge in [-0.1, -0.05) is 120 Å². The van der Waals surface area contributed by atoms with Gasteiger partial charge in [0.1, 0.15) is 6.61 Å². The lowest BCUT2D eigenvalue weighted by Gasteiger charge is -2.18. The lowest BCUT2D eigenvalue weighted by molar-refractivity contribution is -0.161. The second-order valence-corrected chi connectivity index (χ2v) is 13.1. The van der Waals surface area contributed by atoms with E-state index in [0.717, 1.165) is 77.0 Å². The molecule has 266 valence electrons. The molecule has 0 bridgehead atoms. The molecule has 8 nitrogen and oxygen atoms in total. The molecule has 0 unspecified atom stereocenters. The first kappa shape index (κ1) is 44.0. The fraction of sp³-hybridized carbons (Fsp3) is 0.730. The van der Waals surface area contributed by atoms with Gasteiger partial charge in [-0.05, 0) is 70.6 Å². The number of hydrogen-bond donors (Lipinski definition) is 2. The summed E-state index contributed by atoms with van der Waals surface area (Å²) in [6, 6.07) is 0. The van der Waals surface area contributed by atoms with E-state index in [9.17, 15) is 14.2 Å². The zero-order valence-electron chi connectivity index (χ0n) is 29.0. The predicted octanol–water partition coefficient (Wildman–Crippen LogP) is 10.4. The van der Waals surface area contributed by atoms with Gasteiger partial charge in [-0.2, -0.15) is 0 Å². The van der Waals surface area contributed by atoms with Crippen molar-refractivity contribution in [2.75, 3.05) is 13.2 Å². The fourth-order valence-corrected chi connectivity index (χ4v) is 4.95. The van der Waals surface area contributed by atoms with Gasteiger partial charge in [-0.15, -0.1) is 0 Å². The van der Waals surface area contributed by atoms with Crippen molar-refractivity contribution in [2.45, 2.75) is 161 Å². The molecule has 0 saturated carbocycles. The van der Waals surface area contributed by atoms with Crippen molar-refractivity contribution in [1.29, 1.82) is 0 Å². The molecule has 1 atom stereocenters. The predicted molar refractivity (Wildman–Crippen MR) is 188 cm³/mol. The molecule has 0 rings (SSSR count). The Balaban J connectivity index is 4.06. The van der Waals surface area contributed by atoms with Crippen LogP contribution in [0.25, 0.3) is 0 Å². The third kappa shape index (κ3) is 34.9. The third-order valence-electron chi connectivity index (χ3n) is 7.32. The van der Waals surface area contributed by atoms with Crippen molar-refractivity contribution >= 4 is 19.8 Å². The van der Waals surface area contributed by atoms with Crippen molar-refractivity contribution in [1.82, 2.24) is 0 Å². The number of carbonyl (C=O) groups excluding carboxylic acids is 2. The van der Waals surface area contributed by atoms with Gasteiger partial charge in [0.05, 0.1) is 6.61 Å². The van der Waals surface area contributed by atoms with E-state index in [0.29, 0.717) is 12.8 Å². The van der Waals surface area contributed by atoms with Crippen molar-refractivity contribution in [3.63, 3.8) is 0 Å². The van der Waals surface area contributed by atoms with E-state index in [1.165, 1.54) is 38.5 Å². The van der Waals surface area contributed by atoms with Crippen molar-refractivity contribution in [2.24, 2.45) is 0 Å². The first-order valence-electron chi connectivity index (χ1n) is 17.9. The molecule has 0 amide bonds. The monoisotopic (exact) mass is 668 g/mol. The highest BCUT2D eigenvalue weighted by Gasteiger charge is 2.22. The number of unbranched alkanes of at least 4 members (excludes halogenated alkanes) is 14. The largest absolute Gasteiger partial charge is 0.469 e. The molecule has 0 heterocycles. The average molecular weight is 669 g/mol. The summed E-state index contributed by atoms with van der Waals surface area (Å²) in [5.74, 6) is -0.926. The maximum absolute atomic E-state index is 12.3. The van der Waals surface area contributed by atoms with Crippen molar-refractivity contribution < 1.29 is 37.9 Å². The summed E-state index contributed by atoms with van der Waals surface area (Å²) in [6.07, 6.45) is 38.3. The highest BCUT2D eigenvalue weighted by atomic mass is 31.2. The molecule has 46 heavy (non-hydrogen) atoms. The van der Waals surface area contributed by atoms with Crippen molar-refractivity contribution in [3.05, 3.63) is 48.6 Å². The number of ether oxygens (including phenoxy) is 2. The number of allylic oxidation sites excluding steroid dienone is 8. The standard InChI is InChI=1S/C37H65O8P/c1-3-5-7-9-11-13-15-16-17-18-19-20-22-24-26-28-30-32-37(39)45-35(34-44-46(40,41)42)33-43-36(38)31-29-27-25-23-21-14-12-10-8-6-4-2/h10-13,16-17,19-20,35H,3-9,14-15,18,21-34H2,1-2H3,(H2,40,41,42)/b12-10-,13-11-,17-16-,20-19-/t35-/m1/s1. The van der Waals surface area contributed by atoms with E-state index in [1.54, 1.807) is 0 Å². The molecule has 0 saturated heterocycles. The molecule has 0 aliphatic rings. The lowest BCUT2D eigenvalue weighted by atomic mass is 10.1. The van der Waals surface area contributed by atoms with Crippen LogP contribution in [0.3, 0.4) is 0 Å². The summed E-state index contributed by atoms with van der Waals surface area (Å²) in [7, 11) is -4.76. The van der Waals surface area contributed by atoms with Gasteiger partial charge >= 0.3 is 19.8 Å². The number of phosphoric acid groups is 1. The van der Waals surface area contributed by atoms with Gasteiger partial charge in [-0.25, -0.2) is 4.57 Å². The Kier molecular flexibility index (Phi) is 31.5. The maximum Gasteiger partial charge on any atom is 0.469 e. The van der Waals surface area contributed by atoms with Gasteiger partial charge in [-0.3, -0.25) is 14.1 Å². The van der Waals surface area contributed by atoms with E-state index in [-0.39, 0.29) is 19.4 Å². The minimum Gasteiger partial charge on any atom is -0.462 e. The average Bonchev–Trinajstić information content (AvgIpc) is 3.02. The van der Waals surface area contributed by atoms with Crippen LogP contribution in [0, 0.1) is 0 Å². The zero-order valence-corrected chi connectivity index (χ0v) is 29.9. The van der Waals surface area contributed by atoms with Crippen LogP contribution in [0.15, 0.2) is 48.6 Å². The van der Waals surface area contributed by atoms with Gasteiger partial charge in [0, 0.05) is 12.8 Å². The van der Waals surface area contributed by atoms with E-state index in [4.69, 9.17) is 19.3 Å². The molecule has 0 radical (unpaired) electrons. The Morgan fingerprint density at radius 1 is 0.565 bits per heavy atom. The molecular weight excluding hydrogens is 603 g/mol. The van der Waals surface area contributed by atoms with Gasteiger partial charge in [0.25, 0.3) is 0 Å². The summed E-state index contributed by atoms with van der Waals surface area (Å²) in [5, 5.41) is 0. The molecule has 9 heteroatoms. The number of phosphoric ester groups is 1. The molecule has 0 aliphatic heterocycles. The Labute approximate surface area is 280 Å². The minimum atomic E-state index is -4.76. The third-order valence-corrected chi connectivity index (χ3v) is 7.81. The van der Waals surface area contributed by atoms with Crippen LogP contribution in [0.4, 0.5) is 0 Å². The van der Waals surface area contributed by atoms with Gasteiger partial charge in [0.2, 0.25) is 0 Å². The minimum absolute atomic E-state index is 0.183. The summed E-state index contributed by atoms with van der Waals surface area (Å²) in [5.41, 5.74) is 0. The van der Waals surface area contributed by atoms with Crippen LogP contribution < -0.4 is 0 Å². The maximum atomic E-state index is 12.3. The molecular formula is C37H65O8P. The molecule has 0 fully saturated rings. The number of carbonyl (C=O) groups is 2. The molecule has 0 aromatic rings.